The van der Waals surface area contributed by atoms with Crippen LogP contribution in [0.25, 0.3) is 0 Å². The molecule has 1 atom stereocenters. The van der Waals surface area contributed by atoms with Crippen LogP contribution in [0.2, 0.25) is 0 Å². The molecule has 0 radical (unpaired) electrons. The van der Waals surface area contributed by atoms with Crippen molar-refractivity contribution in [2.75, 3.05) is 14.2 Å². The van der Waals surface area contributed by atoms with E-state index in [0.717, 1.165) is 0 Å². The van der Waals surface area contributed by atoms with Crippen LogP contribution in [0.15, 0.2) is 65.3 Å². The first kappa shape index (κ1) is 22.4. The number of halogens is 1. The minimum Gasteiger partial charge on any atom is -0.493 e. The summed E-state index contributed by atoms with van der Waals surface area (Å²) in [5, 5.41) is 0. The number of ether oxygens (including phenoxy) is 4. The lowest BCUT2D eigenvalue weighted by Crippen LogP contribution is -2.31. The van der Waals surface area contributed by atoms with Crippen molar-refractivity contribution in [2.45, 2.75) is 31.8 Å². The molecule has 4 rings (SSSR count). The summed E-state index contributed by atoms with van der Waals surface area (Å²) >= 11 is 0. The molecule has 0 amide bonds. The summed E-state index contributed by atoms with van der Waals surface area (Å²) in [6.07, 6.45) is 1.57. The fraction of sp³-hybridized carbons (Fsp3) is 0.280. The number of nitrogens with two attached hydrogens (primary N) is 1. The Morgan fingerprint density at radius 1 is 1.15 bits per heavy atom. The Labute approximate surface area is 190 Å². The van der Waals surface area contributed by atoms with E-state index in [9.17, 15) is 14.0 Å². The third-order valence-corrected chi connectivity index (χ3v) is 5.69. The van der Waals surface area contributed by atoms with Crippen molar-refractivity contribution in [1.29, 1.82) is 0 Å². The van der Waals surface area contributed by atoms with Gasteiger partial charge < -0.3 is 24.7 Å². The topological polar surface area (TPSA) is 97.1 Å². The van der Waals surface area contributed by atoms with Gasteiger partial charge in [-0.1, -0.05) is 18.2 Å². The highest BCUT2D eigenvalue weighted by Gasteiger charge is 2.41. The van der Waals surface area contributed by atoms with E-state index in [0.29, 0.717) is 53.2 Å². The number of rotatable bonds is 6. The summed E-state index contributed by atoms with van der Waals surface area (Å²) < 4.78 is 35.4. The summed E-state index contributed by atoms with van der Waals surface area (Å²) in [5.74, 6) is -0.646. The monoisotopic (exact) mass is 453 g/mol. The second kappa shape index (κ2) is 9.36. The van der Waals surface area contributed by atoms with E-state index in [1.54, 1.807) is 30.3 Å². The highest BCUT2D eigenvalue weighted by Crippen LogP contribution is 2.45. The molecule has 2 aliphatic rings. The minimum atomic E-state index is -0.750. The summed E-state index contributed by atoms with van der Waals surface area (Å²) in [6, 6.07) is 11.2. The lowest BCUT2D eigenvalue weighted by molar-refractivity contribution is -0.136. The van der Waals surface area contributed by atoms with Crippen molar-refractivity contribution in [3.05, 3.63) is 82.2 Å². The van der Waals surface area contributed by atoms with Gasteiger partial charge >= 0.3 is 5.97 Å². The molecule has 0 unspecified atom stereocenters. The predicted octanol–water partition coefficient (Wildman–Crippen LogP) is 3.88. The first-order chi connectivity index (χ1) is 15.9. The van der Waals surface area contributed by atoms with Crippen molar-refractivity contribution in [1.82, 2.24) is 0 Å². The van der Waals surface area contributed by atoms with Gasteiger partial charge in [0.25, 0.3) is 0 Å². The third-order valence-electron chi connectivity index (χ3n) is 5.69. The molecule has 0 saturated heterocycles. The van der Waals surface area contributed by atoms with Gasteiger partial charge in [-0.25, -0.2) is 9.18 Å². The number of Topliss-reactive ketones (excluding diaryl/α,β-unsaturated/α-hetero) is 1. The number of esters is 1. The largest absolute Gasteiger partial charge is 0.493 e. The number of ketones is 1. The van der Waals surface area contributed by atoms with Crippen LogP contribution in [-0.2, 0) is 25.7 Å². The molecule has 1 aliphatic carbocycles. The quantitative estimate of drug-likeness (QED) is 0.663. The second-order valence-electron chi connectivity index (χ2n) is 7.75. The fourth-order valence-corrected chi connectivity index (χ4v) is 4.17. The third kappa shape index (κ3) is 4.41. The van der Waals surface area contributed by atoms with Gasteiger partial charge in [-0.2, -0.15) is 0 Å². The maximum atomic E-state index is 13.5. The molecule has 8 heteroatoms. The van der Waals surface area contributed by atoms with Crippen molar-refractivity contribution >= 4 is 11.8 Å². The Hall–Kier alpha value is -3.81. The van der Waals surface area contributed by atoms with E-state index in [1.165, 1.54) is 26.4 Å². The van der Waals surface area contributed by atoms with Crippen LogP contribution >= 0.6 is 0 Å². The van der Waals surface area contributed by atoms with Crippen LogP contribution in [0.4, 0.5) is 4.39 Å². The number of benzene rings is 2. The summed E-state index contributed by atoms with van der Waals surface area (Å²) in [5.41, 5.74) is 7.84. The SMILES string of the molecule is COC(=O)C1=C(N)OC2=C(C(=O)CCC2)[C@@H]1c1ccc(OCc2cccc(F)c2)c(OC)c1. The zero-order valence-electron chi connectivity index (χ0n) is 18.4. The summed E-state index contributed by atoms with van der Waals surface area (Å²) in [4.78, 5) is 25.4. The van der Waals surface area contributed by atoms with Crippen molar-refractivity contribution in [3.8, 4) is 11.5 Å². The maximum Gasteiger partial charge on any atom is 0.340 e. The zero-order chi connectivity index (χ0) is 23.5. The Bertz CT molecular complexity index is 1170. The molecule has 172 valence electrons. The van der Waals surface area contributed by atoms with Gasteiger partial charge in [0.2, 0.25) is 5.88 Å². The van der Waals surface area contributed by atoms with Gasteiger partial charge in [0.15, 0.2) is 17.3 Å². The number of methoxy groups -OCH3 is 2. The molecule has 1 heterocycles. The Morgan fingerprint density at radius 2 is 1.97 bits per heavy atom. The van der Waals surface area contributed by atoms with Gasteiger partial charge in [-0.15, -0.1) is 0 Å². The lowest BCUT2D eigenvalue weighted by atomic mass is 9.77. The molecule has 2 aromatic rings. The number of carbonyl (C=O) groups is 2. The number of carbonyl (C=O) groups excluding carboxylic acids is 2. The van der Waals surface area contributed by atoms with E-state index in [2.05, 4.69) is 0 Å². The lowest BCUT2D eigenvalue weighted by Gasteiger charge is -2.32. The summed E-state index contributed by atoms with van der Waals surface area (Å²) in [6.45, 7) is 0.138. The van der Waals surface area contributed by atoms with Gasteiger partial charge in [0, 0.05) is 18.4 Å². The first-order valence-corrected chi connectivity index (χ1v) is 10.5. The van der Waals surface area contributed by atoms with E-state index in [-0.39, 0.29) is 29.7 Å². The minimum absolute atomic E-state index is 0.0713. The highest BCUT2D eigenvalue weighted by atomic mass is 19.1. The summed E-state index contributed by atoms with van der Waals surface area (Å²) in [7, 11) is 2.73. The van der Waals surface area contributed by atoms with Crippen LogP contribution in [0.1, 0.15) is 36.3 Å². The molecule has 0 saturated carbocycles. The van der Waals surface area contributed by atoms with Crippen molar-refractivity contribution in [3.63, 3.8) is 0 Å². The fourth-order valence-electron chi connectivity index (χ4n) is 4.17. The molecular weight excluding hydrogens is 429 g/mol. The van der Waals surface area contributed by atoms with Crippen molar-refractivity contribution in [2.24, 2.45) is 5.73 Å². The molecule has 7 nitrogen and oxygen atoms in total. The number of hydrogen-bond donors (Lipinski definition) is 1. The first-order valence-electron chi connectivity index (χ1n) is 10.5. The molecular formula is C25H24FNO6. The number of allylic oxidation sites excluding steroid dienone is 2. The number of hydrogen-bond acceptors (Lipinski definition) is 7. The van der Waals surface area contributed by atoms with Crippen LogP contribution in [0.3, 0.4) is 0 Å². The zero-order valence-corrected chi connectivity index (χ0v) is 18.4. The van der Waals surface area contributed by atoms with E-state index in [1.807, 2.05) is 0 Å². The van der Waals surface area contributed by atoms with E-state index >= 15 is 0 Å². The Balaban J connectivity index is 1.72. The van der Waals surface area contributed by atoms with Crippen LogP contribution in [0, 0.1) is 5.82 Å². The maximum absolute atomic E-state index is 13.5. The molecule has 1 aliphatic heterocycles. The van der Waals surface area contributed by atoms with Gasteiger partial charge in [0.1, 0.15) is 23.8 Å². The molecule has 0 bridgehead atoms. The molecule has 2 aromatic carbocycles. The molecule has 2 N–H and O–H groups in total. The smallest absolute Gasteiger partial charge is 0.340 e. The van der Waals surface area contributed by atoms with Crippen LogP contribution in [-0.4, -0.2) is 26.0 Å². The van der Waals surface area contributed by atoms with E-state index in [4.69, 9.17) is 24.7 Å². The predicted molar refractivity (Wildman–Crippen MR) is 117 cm³/mol. The molecule has 33 heavy (non-hydrogen) atoms. The molecule has 0 spiro atoms. The Morgan fingerprint density at radius 3 is 2.70 bits per heavy atom. The second-order valence-corrected chi connectivity index (χ2v) is 7.75. The highest BCUT2D eigenvalue weighted by molar-refractivity contribution is 6.03. The van der Waals surface area contributed by atoms with Gasteiger partial charge in [0.05, 0.1) is 20.1 Å². The van der Waals surface area contributed by atoms with Crippen LogP contribution < -0.4 is 15.2 Å². The van der Waals surface area contributed by atoms with E-state index < -0.39 is 11.9 Å². The Kier molecular flexibility index (Phi) is 6.35. The average molecular weight is 453 g/mol. The standard InChI is InChI=1S/C25H24FNO6/c1-30-20-12-15(9-10-18(20)32-13-14-5-3-6-16(26)11-14)21-22-17(28)7-4-8-19(22)33-24(27)23(21)25(29)31-2/h3,5-6,9-12,21H,4,7-8,13,27H2,1-2H3/t21-/m0/s1. The average Bonchev–Trinajstić information content (AvgIpc) is 2.81. The molecule has 0 aromatic heterocycles. The van der Waals surface area contributed by atoms with Crippen LogP contribution in [0.5, 0.6) is 11.5 Å². The van der Waals surface area contributed by atoms with Gasteiger partial charge in [-0.05, 0) is 41.8 Å². The van der Waals surface area contributed by atoms with Gasteiger partial charge in [-0.3, -0.25) is 4.79 Å². The molecule has 0 fully saturated rings. The normalized spacial score (nSPS) is 17.9. The van der Waals surface area contributed by atoms with Crippen molar-refractivity contribution < 1.29 is 32.9 Å².